The quantitative estimate of drug-likeness (QED) is 0.376. The van der Waals surface area contributed by atoms with Crippen LogP contribution in [0.25, 0.3) is 0 Å². The van der Waals surface area contributed by atoms with Crippen LogP contribution in [0.4, 0.5) is 0 Å². The fourth-order valence-electron chi connectivity index (χ4n) is 2.91. The number of rotatable bonds is 8. The standard InChI is InChI=1S/C17H29N5O2/c1-3-18-17(21-13-14-7-5-11-22(14)4-2)20-10-9-19-16(23)15-8-6-12-24-15/h6,8,12,14H,3-5,7,9-11,13H2,1-2H3,(H,19,23)(H2,18,20,21). The SMILES string of the molecule is CCNC(=NCC1CCCN1CC)NCCNC(=O)c1ccco1. The molecule has 2 heterocycles. The van der Waals surface area contributed by atoms with Crippen molar-refractivity contribution in [3.05, 3.63) is 24.2 Å². The zero-order valence-electron chi connectivity index (χ0n) is 14.7. The average Bonchev–Trinajstić information content (AvgIpc) is 3.27. The van der Waals surface area contributed by atoms with Gasteiger partial charge in [0.1, 0.15) is 0 Å². The molecule has 1 aromatic heterocycles. The third kappa shape index (κ3) is 5.56. The molecular formula is C17H29N5O2. The van der Waals surface area contributed by atoms with Crippen molar-refractivity contribution in [2.45, 2.75) is 32.7 Å². The summed E-state index contributed by atoms with van der Waals surface area (Å²) in [7, 11) is 0. The topological polar surface area (TPSA) is 81.9 Å². The molecule has 1 saturated heterocycles. The van der Waals surface area contributed by atoms with Gasteiger partial charge in [0.2, 0.25) is 0 Å². The van der Waals surface area contributed by atoms with Crippen LogP contribution < -0.4 is 16.0 Å². The summed E-state index contributed by atoms with van der Waals surface area (Å²) in [5.41, 5.74) is 0. The molecule has 134 valence electrons. The van der Waals surface area contributed by atoms with Crippen LogP contribution in [0, 0.1) is 0 Å². The van der Waals surface area contributed by atoms with Gasteiger partial charge >= 0.3 is 0 Å². The third-order valence-corrected chi connectivity index (χ3v) is 4.16. The predicted molar refractivity (Wildman–Crippen MR) is 95.3 cm³/mol. The minimum Gasteiger partial charge on any atom is -0.459 e. The molecule has 24 heavy (non-hydrogen) atoms. The molecular weight excluding hydrogens is 306 g/mol. The van der Waals surface area contributed by atoms with Crippen LogP contribution in [-0.2, 0) is 0 Å². The molecule has 0 aliphatic carbocycles. The Kier molecular flexibility index (Phi) is 7.61. The molecule has 1 aliphatic heterocycles. The minimum absolute atomic E-state index is 0.201. The second-order valence-electron chi connectivity index (χ2n) is 5.80. The number of carbonyl (C=O) groups excluding carboxylic acids is 1. The summed E-state index contributed by atoms with van der Waals surface area (Å²) >= 11 is 0. The summed E-state index contributed by atoms with van der Waals surface area (Å²) in [4.78, 5) is 18.9. The Morgan fingerprint density at radius 1 is 1.33 bits per heavy atom. The van der Waals surface area contributed by atoms with Crippen molar-refractivity contribution in [2.24, 2.45) is 4.99 Å². The highest BCUT2D eigenvalue weighted by Gasteiger charge is 2.22. The molecule has 1 aliphatic rings. The maximum absolute atomic E-state index is 11.8. The highest BCUT2D eigenvalue weighted by molar-refractivity contribution is 5.91. The first-order valence-electron chi connectivity index (χ1n) is 8.82. The van der Waals surface area contributed by atoms with Crippen molar-refractivity contribution >= 4 is 11.9 Å². The van der Waals surface area contributed by atoms with E-state index in [1.165, 1.54) is 25.6 Å². The second-order valence-corrected chi connectivity index (χ2v) is 5.80. The Morgan fingerprint density at radius 2 is 2.17 bits per heavy atom. The lowest BCUT2D eigenvalue weighted by Crippen LogP contribution is -2.42. The van der Waals surface area contributed by atoms with E-state index in [1.54, 1.807) is 12.1 Å². The number of likely N-dealkylation sites (tertiary alicyclic amines) is 1. The van der Waals surface area contributed by atoms with Crippen molar-refractivity contribution in [2.75, 3.05) is 39.3 Å². The van der Waals surface area contributed by atoms with E-state index < -0.39 is 0 Å². The molecule has 1 aromatic rings. The summed E-state index contributed by atoms with van der Waals surface area (Å²) < 4.78 is 5.06. The number of hydrogen-bond donors (Lipinski definition) is 3. The van der Waals surface area contributed by atoms with Gasteiger partial charge in [-0.2, -0.15) is 0 Å². The Bertz CT molecular complexity index is 515. The molecule has 0 saturated carbocycles. The van der Waals surface area contributed by atoms with Gasteiger partial charge < -0.3 is 20.4 Å². The largest absolute Gasteiger partial charge is 0.459 e. The number of guanidine groups is 1. The first kappa shape index (κ1) is 18.3. The lowest BCUT2D eigenvalue weighted by atomic mass is 10.2. The van der Waals surface area contributed by atoms with E-state index in [0.29, 0.717) is 24.9 Å². The molecule has 0 bridgehead atoms. The van der Waals surface area contributed by atoms with E-state index in [1.807, 2.05) is 6.92 Å². The number of likely N-dealkylation sites (N-methyl/N-ethyl adjacent to an activating group) is 1. The predicted octanol–water partition coefficient (Wildman–Crippen LogP) is 1.05. The van der Waals surface area contributed by atoms with Crippen LogP contribution in [0.5, 0.6) is 0 Å². The number of nitrogens with one attached hydrogen (secondary N) is 3. The fourth-order valence-corrected chi connectivity index (χ4v) is 2.91. The van der Waals surface area contributed by atoms with Crippen LogP contribution in [-0.4, -0.2) is 62.1 Å². The van der Waals surface area contributed by atoms with Gasteiger partial charge in [-0.05, 0) is 45.0 Å². The molecule has 1 fully saturated rings. The average molecular weight is 335 g/mol. The summed E-state index contributed by atoms with van der Waals surface area (Å²) in [6.07, 6.45) is 3.97. The van der Waals surface area contributed by atoms with Gasteiger partial charge in [-0.3, -0.25) is 14.7 Å². The Morgan fingerprint density at radius 3 is 2.88 bits per heavy atom. The maximum Gasteiger partial charge on any atom is 0.287 e. The molecule has 1 atom stereocenters. The van der Waals surface area contributed by atoms with Gasteiger partial charge in [0, 0.05) is 25.7 Å². The highest BCUT2D eigenvalue weighted by Crippen LogP contribution is 2.16. The summed E-state index contributed by atoms with van der Waals surface area (Å²) in [5.74, 6) is 0.928. The molecule has 3 N–H and O–H groups in total. The molecule has 1 amide bonds. The van der Waals surface area contributed by atoms with Crippen LogP contribution in [0.1, 0.15) is 37.2 Å². The summed E-state index contributed by atoms with van der Waals surface area (Å²) in [6, 6.07) is 3.89. The summed E-state index contributed by atoms with van der Waals surface area (Å²) in [6.45, 7) is 9.25. The lowest BCUT2D eigenvalue weighted by Gasteiger charge is -2.21. The Balaban J connectivity index is 1.72. The molecule has 2 rings (SSSR count). The van der Waals surface area contributed by atoms with Crippen molar-refractivity contribution in [3.8, 4) is 0 Å². The first-order chi connectivity index (χ1) is 11.7. The second kappa shape index (κ2) is 9.97. The molecule has 0 spiro atoms. The molecule has 1 unspecified atom stereocenters. The van der Waals surface area contributed by atoms with Crippen molar-refractivity contribution in [1.29, 1.82) is 0 Å². The smallest absolute Gasteiger partial charge is 0.287 e. The van der Waals surface area contributed by atoms with Gasteiger partial charge in [-0.25, -0.2) is 0 Å². The zero-order chi connectivity index (χ0) is 17.2. The van der Waals surface area contributed by atoms with E-state index in [0.717, 1.165) is 25.6 Å². The number of hydrogen-bond acceptors (Lipinski definition) is 4. The van der Waals surface area contributed by atoms with Crippen LogP contribution >= 0.6 is 0 Å². The summed E-state index contributed by atoms with van der Waals surface area (Å²) in [5, 5.41) is 9.31. The van der Waals surface area contributed by atoms with Gasteiger partial charge in [0.15, 0.2) is 11.7 Å². The highest BCUT2D eigenvalue weighted by atomic mass is 16.3. The minimum atomic E-state index is -0.201. The van der Waals surface area contributed by atoms with E-state index in [2.05, 4.69) is 32.8 Å². The van der Waals surface area contributed by atoms with Crippen molar-refractivity contribution in [1.82, 2.24) is 20.9 Å². The van der Waals surface area contributed by atoms with Crippen LogP contribution in [0.15, 0.2) is 27.8 Å². The van der Waals surface area contributed by atoms with Crippen molar-refractivity contribution in [3.63, 3.8) is 0 Å². The van der Waals surface area contributed by atoms with E-state index >= 15 is 0 Å². The van der Waals surface area contributed by atoms with Gasteiger partial charge in [0.25, 0.3) is 5.91 Å². The zero-order valence-corrected chi connectivity index (χ0v) is 14.7. The fraction of sp³-hybridized carbons (Fsp3) is 0.647. The van der Waals surface area contributed by atoms with Gasteiger partial charge in [-0.1, -0.05) is 6.92 Å². The van der Waals surface area contributed by atoms with Crippen molar-refractivity contribution < 1.29 is 9.21 Å². The number of aliphatic imine (C=N–C) groups is 1. The molecule has 7 nitrogen and oxygen atoms in total. The Labute approximate surface area is 143 Å². The van der Waals surface area contributed by atoms with Crippen LogP contribution in [0.2, 0.25) is 0 Å². The van der Waals surface area contributed by atoms with E-state index in [9.17, 15) is 4.79 Å². The number of furan rings is 1. The monoisotopic (exact) mass is 335 g/mol. The van der Waals surface area contributed by atoms with Gasteiger partial charge in [0.05, 0.1) is 12.8 Å². The van der Waals surface area contributed by atoms with Crippen LogP contribution in [0.3, 0.4) is 0 Å². The first-order valence-corrected chi connectivity index (χ1v) is 8.82. The van der Waals surface area contributed by atoms with E-state index in [4.69, 9.17) is 4.42 Å². The molecule has 0 radical (unpaired) electrons. The van der Waals surface area contributed by atoms with E-state index in [-0.39, 0.29) is 5.91 Å². The number of nitrogens with zero attached hydrogens (tertiary/aromatic N) is 2. The Hall–Kier alpha value is -2.02. The molecule has 0 aromatic carbocycles. The number of carbonyl (C=O) groups is 1. The lowest BCUT2D eigenvalue weighted by molar-refractivity contribution is 0.0926. The number of amides is 1. The third-order valence-electron chi connectivity index (χ3n) is 4.16. The normalized spacial score (nSPS) is 18.6. The maximum atomic E-state index is 11.8. The van der Waals surface area contributed by atoms with Gasteiger partial charge in [-0.15, -0.1) is 0 Å². The molecule has 7 heteroatoms.